The molecule has 2 N–H and O–H groups in total. The van der Waals surface area contributed by atoms with Crippen LogP contribution in [0.25, 0.3) is 0 Å². The van der Waals surface area contributed by atoms with E-state index in [0.29, 0.717) is 45.4 Å². The predicted molar refractivity (Wildman–Crippen MR) is 118 cm³/mol. The molecule has 7 nitrogen and oxygen atoms in total. The molecule has 2 aliphatic heterocycles. The van der Waals surface area contributed by atoms with Crippen LogP contribution in [0.1, 0.15) is 56.9 Å². The molecule has 0 radical (unpaired) electrons. The van der Waals surface area contributed by atoms with Crippen LogP contribution in [-0.2, 0) is 25.1 Å². The van der Waals surface area contributed by atoms with Crippen molar-refractivity contribution in [2.45, 2.75) is 68.9 Å². The van der Waals surface area contributed by atoms with Crippen molar-refractivity contribution in [1.29, 1.82) is 0 Å². The lowest BCUT2D eigenvalue weighted by Crippen LogP contribution is -2.50. The van der Waals surface area contributed by atoms with Gasteiger partial charge in [0, 0.05) is 31.7 Å². The average Bonchev–Trinajstić information content (AvgIpc) is 3.24. The molecule has 182 valence electrons. The SMILES string of the molecule is O=C1N[C@]2(P(=O)(O)Cc3c(F)cccc3F)C[C@H]2CCOCCCCCC(=O)N2CCC[C@@H]12. The second kappa shape index (κ2) is 9.80. The number of nitrogens with zero attached hydrogens (tertiary/aromatic N) is 1. The fourth-order valence-electron chi connectivity index (χ4n) is 5.13. The van der Waals surface area contributed by atoms with Crippen LogP contribution in [0, 0.1) is 17.6 Å². The van der Waals surface area contributed by atoms with Crippen LogP contribution in [0.2, 0.25) is 0 Å². The van der Waals surface area contributed by atoms with Crippen LogP contribution in [0.15, 0.2) is 18.2 Å². The molecule has 10 heteroatoms. The summed E-state index contributed by atoms with van der Waals surface area (Å²) in [7, 11) is -4.28. The Kier molecular flexibility index (Phi) is 7.22. The lowest BCUT2D eigenvalue weighted by molar-refractivity contribution is -0.138. The van der Waals surface area contributed by atoms with Gasteiger partial charge in [-0.25, -0.2) is 8.78 Å². The van der Waals surface area contributed by atoms with E-state index >= 15 is 0 Å². The highest BCUT2D eigenvalue weighted by atomic mass is 31.2. The van der Waals surface area contributed by atoms with Gasteiger partial charge >= 0.3 is 0 Å². The van der Waals surface area contributed by atoms with E-state index in [1.165, 1.54) is 6.07 Å². The third-order valence-corrected chi connectivity index (χ3v) is 9.79. The molecular weight excluding hydrogens is 453 g/mol. The fourth-order valence-corrected chi connectivity index (χ4v) is 7.63. The number of halogens is 2. The first kappa shape index (κ1) is 24.3. The van der Waals surface area contributed by atoms with E-state index in [9.17, 15) is 27.8 Å². The molecule has 2 heterocycles. The molecule has 33 heavy (non-hydrogen) atoms. The van der Waals surface area contributed by atoms with E-state index in [1.54, 1.807) is 4.90 Å². The van der Waals surface area contributed by atoms with E-state index in [2.05, 4.69) is 5.32 Å². The molecular formula is C23H31F2N2O5P. The minimum absolute atomic E-state index is 0.0922. The number of rotatable bonds is 3. The Bertz CT molecular complexity index is 941. The van der Waals surface area contributed by atoms with Gasteiger partial charge < -0.3 is 19.8 Å². The fraction of sp³-hybridized carbons (Fsp3) is 0.652. The van der Waals surface area contributed by atoms with Gasteiger partial charge in [-0.1, -0.05) is 12.5 Å². The molecule has 4 atom stereocenters. The number of amides is 2. The van der Waals surface area contributed by atoms with Crippen molar-refractivity contribution in [3.63, 3.8) is 0 Å². The second-order valence-electron chi connectivity index (χ2n) is 9.33. The van der Waals surface area contributed by atoms with E-state index in [-0.39, 0.29) is 18.2 Å². The molecule has 0 aromatic heterocycles. The van der Waals surface area contributed by atoms with Gasteiger partial charge in [0.05, 0.1) is 6.16 Å². The summed E-state index contributed by atoms with van der Waals surface area (Å²) in [6.07, 6.45) is 3.88. The van der Waals surface area contributed by atoms with Gasteiger partial charge in [-0.2, -0.15) is 0 Å². The molecule has 1 unspecified atom stereocenters. The Hall–Kier alpha value is -1.83. The Morgan fingerprint density at radius 3 is 2.64 bits per heavy atom. The molecule has 4 rings (SSSR count). The maximum absolute atomic E-state index is 14.2. The average molecular weight is 484 g/mol. The summed E-state index contributed by atoms with van der Waals surface area (Å²) in [5.74, 6) is -2.69. The third kappa shape index (κ3) is 5.00. The van der Waals surface area contributed by atoms with Gasteiger partial charge in [-0.15, -0.1) is 0 Å². The highest BCUT2D eigenvalue weighted by molar-refractivity contribution is 7.59. The van der Waals surface area contributed by atoms with Crippen LogP contribution in [0.4, 0.5) is 8.78 Å². The van der Waals surface area contributed by atoms with Gasteiger partial charge in [-0.05, 0) is 56.6 Å². The summed E-state index contributed by atoms with van der Waals surface area (Å²) in [6.45, 7) is 1.38. The van der Waals surface area contributed by atoms with Crippen molar-refractivity contribution >= 4 is 19.2 Å². The van der Waals surface area contributed by atoms with Crippen LogP contribution in [0.3, 0.4) is 0 Å². The summed E-state index contributed by atoms with van der Waals surface area (Å²) in [4.78, 5) is 38.6. The molecule has 1 aromatic carbocycles. The summed E-state index contributed by atoms with van der Waals surface area (Å²) < 4.78 is 47.7. The standard InChI is InChI=1S/C23H31F2N2O5P/c24-18-6-4-7-19(25)17(18)15-33(30,31)23-14-16(23)10-13-32-12-3-1-2-9-21(28)27-11-5-8-20(27)22(29)26-23/h4,6-7,16,20H,1-3,5,8-15H2,(H,26,29)(H,30,31)/t16-,20+,23+/m1/s1. The number of nitrogens with one attached hydrogen (secondary N) is 1. The number of ether oxygens (including phenoxy) is 1. The molecule has 0 bridgehead atoms. The normalized spacial score (nSPS) is 30.9. The first-order valence-electron chi connectivity index (χ1n) is 11.7. The molecule has 3 fully saturated rings. The van der Waals surface area contributed by atoms with Gasteiger partial charge in [0.2, 0.25) is 19.2 Å². The van der Waals surface area contributed by atoms with Crippen molar-refractivity contribution in [3.8, 4) is 0 Å². The molecule has 0 spiro atoms. The molecule has 2 amide bonds. The summed E-state index contributed by atoms with van der Waals surface area (Å²) in [6, 6.07) is 2.60. The largest absolute Gasteiger partial charge is 0.381 e. The van der Waals surface area contributed by atoms with Crippen molar-refractivity contribution in [2.24, 2.45) is 5.92 Å². The Balaban J connectivity index is 1.60. The lowest BCUT2D eigenvalue weighted by atomic mass is 10.1. The lowest BCUT2D eigenvalue weighted by Gasteiger charge is -2.30. The second-order valence-corrected chi connectivity index (χ2v) is 11.8. The van der Waals surface area contributed by atoms with Gasteiger partial charge in [0.1, 0.15) is 23.0 Å². The van der Waals surface area contributed by atoms with Crippen LogP contribution in [-0.4, -0.2) is 52.7 Å². The van der Waals surface area contributed by atoms with E-state index < -0.39 is 48.0 Å². The zero-order valence-corrected chi connectivity index (χ0v) is 19.5. The Labute approximate surface area is 192 Å². The Morgan fingerprint density at radius 1 is 1.12 bits per heavy atom. The van der Waals surface area contributed by atoms with Gasteiger partial charge in [0.15, 0.2) is 0 Å². The maximum Gasteiger partial charge on any atom is 0.243 e. The quantitative estimate of drug-likeness (QED) is 0.640. The number of carbonyl (C=O) groups is 2. The molecule has 1 aliphatic carbocycles. The van der Waals surface area contributed by atoms with Crippen LogP contribution in [0.5, 0.6) is 0 Å². The number of fused-ring (bicyclic) bond motifs is 2. The Morgan fingerprint density at radius 2 is 1.88 bits per heavy atom. The van der Waals surface area contributed by atoms with Crippen molar-refractivity contribution in [2.75, 3.05) is 19.8 Å². The summed E-state index contributed by atoms with van der Waals surface area (Å²) >= 11 is 0. The summed E-state index contributed by atoms with van der Waals surface area (Å²) in [5.41, 5.74) is -0.456. The number of benzene rings is 1. The van der Waals surface area contributed by atoms with Gasteiger partial charge in [-0.3, -0.25) is 14.2 Å². The predicted octanol–water partition coefficient (Wildman–Crippen LogP) is 3.54. The van der Waals surface area contributed by atoms with Crippen molar-refractivity contribution < 1.29 is 32.6 Å². The number of carbonyl (C=O) groups excluding carboxylic acids is 2. The van der Waals surface area contributed by atoms with E-state index in [1.807, 2.05) is 0 Å². The highest BCUT2D eigenvalue weighted by Gasteiger charge is 2.66. The van der Waals surface area contributed by atoms with Crippen molar-refractivity contribution in [1.82, 2.24) is 10.2 Å². The van der Waals surface area contributed by atoms with Crippen LogP contribution < -0.4 is 5.32 Å². The zero-order valence-electron chi connectivity index (χ0n) is 18.6. The molecule has 2 saturated heterocycles. The van der Waals surface area contributed by atoms with Crippen LogP contribution >= 0.6 is 7.37 Å². The molecule has 1 saturated carbocycles. The monoisotopic (exact) mass is 484 g/mol. The minimum atomic E-state index is -4.28. The van der Waals surface area contributed by atoms with E-state index in [4.69, 9.17) is 4.74 Å². The van der Waals surface area contributed by atoms with Gasteiger partial charge in [0.25, 0.3) is 0 Å². The maximum atomic E-state index is 14.2. The molecule has 1 aromatic rings. The van der Waals surface area contributed by atoms with E-state index in [0.717, 1.165) is 31.4 Å². The van der Waals surface area contributed by atoms with Crippen molar-refractivity contribution in [3.05, 3.63) is 35.4 Å². The topological polar surface area (TPSA) is 95.9 Å². The smallest absolute Gasteiger partial charge is 0.243 e. The number of hydrogen-bond acceptors (Lipinski definition) is 4. The first-order valence-corrected chi connectivity index (χ1v) is 13.5. The minimum Gasteiger partial charge on any atom is -0.381 e. The highest BCUT2D eigenvalue weighted by Crippen LogP contribution is 2.71. The molecule has 3 aliphatic rings. The third-order valence-electron chi connectivity index (χ3n) is 7.14. The zero-order chi connectivity index (χ0) is 23.6. The first-order chi connectivity index (χ1) is 15.7. The number of hydrogen-bond donors (Lipinski definition) is 2. The summed E-state index contributed by atoms with van der Waals surface area (Å²) in [5, 5.41) is 1.31.